The van der Waals surface area contributed by atoms with Crippen molar-refractivity contribution in [1.29, 1.82) is 0 Å². The number of hydrogen-bond donors (Lipinski definition) is 3. The zero-order valence-electron chi connectivity index (χ0n) is 11.6. The number of nitrogens with zero attached hydrogens (tertiary/aromatic N) is 1. The van der Waals surface area contributed by atoms with Gasteiger partial charge in [0.2, 0.25) is 0 Å². The third kappa shape index (κ3) is 3.84. The summed E-state index contributed by atoms with van der Waals surface area (Å²) in [5.74, 6) is 7.26. The normalized spacial score (nSPS) is 18.4. The molecule has 5 heteroatoms. The Bertz CT molecular complexity index is 384. The highest BCUT2D eigenvalue weighted by Gasteiger charge is 2.20. The summed E-state index contributed by atoms with van der Waals surface area (Å²) < 4.78 is 0. The Labute approximate surface area is 119 Å². The number of nitrogen functional groups attached to an aromatic ring is 1. The molecule has 0 amide bonds. The fourth-order valence-electron chi connectivity index (χ4n) is 2.72. The molecule has 0 saturated heterocycles. The molecule has 1 heterocycles. The molecule has 1 atom stereocenters. The van der Waals surface area contributed by atoms with Gasteiger partial charge in [-0.3, -0.25) is 11.3 Å². The SMILES string of the molecule is Cc1ccnc(N)c1C(CSC1CCCCC1)NN. The fourth-order valence-corrected chi connectivity index (χ4v) is 4.12. The summed E-state index contributed by atoms with van der Waals surface area (Å²) >= 11 is 2.02. The van der Waals surface area contributed by atoms with Crippen molar-refractivity contribution in [2.75, 3.05) is 11.5 Å². The Kier molecular flexibility index (Phi) is 5.48. The molecule has 0 aliphatic heterocycles. The minimum atomic E-state index is 0.0839. The van der Waals surface area contributed by atoms with Gasteiger partial charge in [-0.05, 0) is 31.4 Å². The second kappa shape index (κ2) is 7.12. The lowest BCUT2D eigenvalue weighted by Gasteiger charge is -2.25. The molecule has 0 radical (unpaired) electrons. The first-order valence-corrected chi connectivity index (χ1v) is 8.06. The lowest BCUT2D eigenvalue weighted by molar-refractivity contribution is 0.514. The lowest BCUT2D eigenvalue weighted by Crippen LogP contribution is -2.31. The van der Waals surface area contributed by atoms with Crippen molar-refractivity contribution in [2.24, 2.45) is 5.84 Å². The summed E-state index contributed by atoms with van der Waals surface area (Å²) in [5, 5.41) is 0.780. The minimum Gasteiger partial charge on any atom is -0.383 e. The van der Waals surface area contributed by atoms with Gasteiger partial charge in [0, 0.05) is 22.8 Å². The van der Waals surface area contributed by atoms with E-state index < -0.39 is 0 Å². The van der Waals surface area contributed by atoms with Crippen molar-refractivity contribution in [3.8, 4) is 0 Å². The average molecular weight is 280 g/mol. The Hall–Kier alpha value is -0.780. The molecule has 19 heavy (non-hydrogen) atoms. The molecule has 0 bridgehead atoms. The predicted octanol–water partition coefficient (Wildman–Crippen LogP) is 2.54. The van der Waals surface area contributed by atoms with E-state index >= 15 is 0 Å². The Morgan fingerprint density at radius 2 is 2.16 bits per heavy atom. The first-order valence-electron chi connectivity index (χ1n) is 7.01. The number of pyridine rings is 1. The molecule has 106 valence electrons. The number of hydrazine groups is 1. The van der Waals surface area contributed by atoms with Crippen molar-refractivity contribution >= 4 is 17.6 Å². The van der Waals surface area contributed by atoms with Crippen molar-refractivity contribution in [3.63, 3.8) is 0 Å². The molecule has 1 aromatic rings. The second-order valence-electron chi connectivity index (χ2n) is 5.24. The standard InChI is InChI=1S/C14H24N4S/c1-10-7-8-17-14(15)13(10)12(18-16)9-19-11-5-3-2-4-6-11/h7-8,11-12,18H,2-6,9,16H2,1H3,(H2,15,17). The minimum absolute atomic E-state index is 0.0839. The number of nitrogens with two attached hydrogens (primary N) is 2. The maximum atomic E-state index is 5.99. The molecule has 2 rings (SSSR count). The molecule has 1 fully saturated rings. The van der Waals surface area contributed by atoms with Gasteiger partial charge in [0.05, 0.1) is 6.04 Å². The van der Waals surface area contributed by atoms with E-state index in [0.29, 0.717) is 5.82 Å². The molecule has 1 saturated carbocycles. The molecular formula is C14H24N4S. The van der Waals surface area contributed by atoms with Crippen molar-refractivity contribution < 1.29 is 0 Å². The van der Waals surface area contributed by atoms with Crippen LogP contribution in [0.5, 0.6) is 0 Å². The number of nitrogens with one attached hydrogen (secondary N) is 1. The van der Waals surface area contributed by atoms with Crippen LogP contribution in [0.4, 0.5) is 5.82 Å². The van der Waals surface area contributed by atoms with Gasteiger partial charge in [-0.25, -0.2) is 4.98 Å². The van der Waals surface area contributed by atoms with Crippen LogP contribution in [0.1, 0.15) is 49.3 Å². The van der Waals surface area contributed by atoms with Gasteiger partial charge in [0.25, 0.3) is 0 Å². The van der Waals surface area contributed by atoms with Crippen LogP contribution in [0.25, 0.3) is 0 Å². The highest BCUT2D eigenvalue weighted by atomic mass is 32.2. The molecule has 4 nitrogen and oxygen atoms in total. The van der Waals surface area contributed by atoms with Crippen LogP contribution in [0.2, 0.25) is 0 Å². The monoisotopic (exact) mass is 280 g/mol. The number of hydrogen-bond acceptors (Lipinski definition) is 5. The first-order chi connectivity index (χ1) is 9.22. The zero-order valence-corrected chi connectivity index (χ0v) is 12.4. The van der Waals surface area contributed by atoms with Crippen molar-refractivity contribution in [3.05, 3.63) is 23.4 Å². The van der Waals surface area contributed by atoms with Crippen LogP contribution >= 0.6 is 11.8 Å². The van der Waals surface area contributed by atoms with E-state index in [1.165, 1.54) is 32.1 Å². The van der Waals surface area contributed by atoms with Crippen LogP contribution in [-0.4, -0.2) is 16.0 Å². The topological polar surface area (TPSA) is 77.0 Å². The van der Waals surface area contributed by atoms with E-state index in [1.54, 1.807) is 6.20 Å². The van der Waals surface area contributed by atoms with Crippen LogP contribution < -0.4 is 17.0 Å². The maximum Gasteiger partial charge on any atom is 0.128 e. The van der Waals surface area contributed by atoms with Crippen molar-refractivity contribution in [2.45, 2.75) is 50.3 Å². The second-order valence-corrected chi connectivity index (χ2v) is 6.57. The van der Waals surface area contributed by atoms with Gasteiger partial charge in [-0.1, -0.05) is 19.3 Å². The van der Waals surface area contributed by atoms with Crippen LogP contribution in [0.3, 0.4) is 0 Å². The maximum absolute atomic E-state index is 5.99. The average Bonchev–Trinajstić information content (AvgIpc) is 2.43. The molecule has 1 aliphatic rings. The van der Waals surface area contributed by atoms with Gasteiger partial charge in [0.1, 0.15) is 5.82 Å². The van der Waals surface area contributed by atoms with Gasteiger partial charge >= 0.3 is 0 Å². The zero-order chi connectivity index (χ0) is 13.7. The van der Waals surface area contributed by atoms with E-state index in [9.17, 15) is 0 Å². The van der Waals surface area contributed by atoms with E-state index in [2.05, 4.69) is 17.3 Å². The van der Waals surface area contributed by atoms with Gasteiger partial charge in [0.15, 0.2) is 0 Å². The lowest BCUT2D eigenvalue weighted by atomic mass is 10.0. The van der Waals surface area contributed by atoms with E-state index in [0.717, 1.165) is 22.1 Å². The summed E-state index contributed by atoms with van der Waals surface area (Å²) in [7, 11) is 0. The highest BCUT2D eigenvalue weighted by molar-refractivity contribution is 7.99. The third-order valence-corrected chi connectivity index (χ3v) is 5.31. The molecule has 0 aromatic carbocycles. The Balaban J connectivity index is 1.99. The van der Waals surface area contributed by atoms with E-state index in [1.807, 2.05) is 17.8 Å². The van der Waals surface area contributed by atoms with Crippen LogP contribution in [0.15, 0.2) is 12.3 Å². The van der Waals surface area contributed by atoms with Gasteiger partial charge in [-0.15, -0.1) is 0 Å². The Morgan fingerprint density at radius 1 is 1.42 bits per heavy atom. The third-order valence-electron chi connectivity index (χ3n) is 3.84. The molecular weight excluding hydrogens is 256 g/mol. The number of aromatic nitrogens is 1. The number of aryl methyl sites for hydroxylation is 1. The summed E-state index contributed by atoms with van der Waals surface area (Å²) in [6, 6.07) is 2.07. The highest BCUT2D eigenvalue weighted by Crippen LogP contribution is 2.32. The van der Waals surface area contributed by atoms with Crippen LogP contribution in [0, 0.1) is 6.92 Å². The summed E-state index contributed by atoms with van der Waals surface area (Å²) in [5.41, 5.74) is 11.1. The number of anilines is 1. The molecule has 5 N–H and O–H groups in total. The Morgan fingerprint density at radius 3 is 2.79 bits per heavy atom. The number of thioether (sulfide) groups is 1. The molecule has 1 unspecified atom stereocenters. The van der Waals surface area contributed by atoms with E-state index in [-0.39, 0.29) is 6.04 Å². The number of rotatable bonds is 5. The molecule has 1 aromatic heterocycles. The van der Waals surface area contributed by atoms with Crippen LogP contribution in [-0.2, 0) is 0 Å². The van der Waals surface area contributed by atoms with Gasteiger partial charge < -0.3 is 5.73 Å². The molecule has 1 aliphatic carbocycles. The fraction of sp³-hybridized carbons (Fsp3) is 0.643. The first kappa shape index (κ1) is 14.6. The smallest absolute Gasteiger partial charge is 0.128 e. The van der Waals surface area contributed by atoms with Gasteiger partial charge in [-0.2, -0.15) is 11.8 Å². The summed E-state index contributed by atoms with van der Waals surface area (Å²) in [6.07, 6.45) is 8.55. The van der Waals surface area contributed by atoms with Crippen molar-refractivity contribution in [1.82, 2.24) is 10.4 Å². The quantitative estimate of drug-likeness (QED) is 0.571. The predicted molar refractivity (Wildman–Crippen MR) is 82.8 cm³/mol. The summed E-state index contributed by atoms with van der Waals surface area (Å²) in [4.78, 5) is 4.18. The molecule has 0 spiro atoms. The summed E-state index contributed by atoms with van der Waals surface area (Å²) in [6.45, 7) is 2.06. The van der Waals surface area contributed by atoms with E-state index in [4.69, 9.17) is 11.6 Å². The largest absolute Gasteiger partial charge is 0.383 e.